The molecule has 1 atom stereocenters. The summed E-state index contributed by atoms with van der Waals surface area (Å²) in [4.78, 5) is 21.3. The second-order valence-corrected chi connectivity index (χ2v) is 10.8. The molecule has 222 valence electrons. The Balaban J connectivity index is 0.000000562. The van der Waals surface area contributed by atoms with Crippen LogP contribution in [0.1, 0.15) is 38.7 Å². The van der Waals surface area contributed by atoms with E-state index in [1.54, 1.807) is 30.3 Å². The van der Waals surface area contributed by atoms with Gasteiger partial charge in [0.25, 0.3) is 0 Å². The molecule has 13 nitrogen and oxygen atoms in total. The summed E-state index contributed by atoms with van der Waals surface area (Å²) in [7, 11) is -3.57. The molecule has 0 heterocycles. The second-order valence-electron chi connectivity index (χ2n) is 9.20. The summed E-state index contributed by atoms with van der Waals surface area (Å²) in [5, 5.41) is 26.8. The van der Waals surface area contributed by atoms with Gasteiger partial charge in [0, 0.05) is 12.6 Å². The lowest BCUT2D eigenvalue weighted by Gasteiger charge is -2.21. The van der Waals surface area contributed by atoms with Crippen LogP contribution in [0.25, 0.3) is 0 Å². The highest BCUT2D eigenvalue weighted by molar-refractivity contribution is 7.86. The molecule has 2 aromatic carbocycles. The molecule has 0 bridgehead atoms. The van der Waals surface area contributed by atoms with E-state index in [2.05, 4.69) is 5.32 Å². The standard InChI is InChI=1S/C20H24O7S.C6H14N4O2/c1-20(2,19(21)22)26-16-11-9-15(10-12-16)6-5-13-25-17-7-4-8-18(14-17)27-28(3,23)24;7-4(5(11)12)2-1-3-10-6(8)9/h4,7-12,14H,5-6,13H2,1-3H3,(H,21,22);4H,1-3,7H2,(H,11,12)(H4,8,9,10). The number of rotatable bonds is 15. The molecule has 0 aliphatic heterocycles. The van der Waals surface area contributed by atoms with E-state index in [0.29, 0.717) is 37.5 Å². The number of hydrogen-bond donors (Lipinski definition) is 6. The molecule has 0 saturated heterocycles. The number of ether oxygens (including phenoxy) is 2. The highest BCUT2D eigenvalue weighted by Crippen LogP contribution is 2.22. The molecule has 14 heteroatoms. The van der Waals surface area contributed by atoms with Crippen LogP contribution >= 0.6 is 0 Å². The number of benzene rings is 2. The molecule has 2 aromatic rings. The van der Waals surface area contributed by atoms with Crippen molar-refractivity contribution < 1.29 is 41.9 Å². The van der Waals surface area contributed by atoms with Gasteiger partial charge in [0.1, 0.15) is 23.3 Å². The fourth-order valence-corrected chi connectivity index (χ4v) is 3.44. The van der Waals surface area contributed by atoms with E-state index < -0.39 is 33.7 Å². The van der Waals surface area contributed by atoms with E-state index in [9.17, 15) is 18.0 Å². The average molecular weight is 583 g/mol. The Bertz CT molecular complexity index is 1220. The molecular weight excluding hydrogens is 544 g/mol. The molecule has 1 unspecified atom stereocenters. The Morgan fingerprint density at radius 1 is 1.05 bits per heavy atom. The zero-order chi connectivity index (χ0) is 30.3. The smallest absolute Gasteiger partial charge is 0.347 e. The van der Waals surface area contributed by atoms with Crippen molar-refractivity contribution in [3.63, 3.8) is 0 Å². The summed E-state index contributed by atoms with van der Waals surface area (Å²) in [6.07, 6.45) is 3.47. The van der Waals surface area contributed by atoms with Crippen LogP contribution in [-0.4, -0.2) is 67.6 Å². The van der Waals surface area contributed by atoms with Gasteiger partial charge in [-0.1, -0.05) is 18.2 Å². The van der Waals surface area contributed by atoms with E-state index in [-0.39, 0.29) is 11.7 Å². The van der Waals surface area contributed by atoms with E-state index in [0.717, 1.165) is 24.7 Å². The van der Waals surface area contributed by atoms with Crippen LogP contribution in [0.15, 0.2) is 48.5 Å². The molecule has 0 radical (unpaired) electrons. The Kier molecular flexibility index (Phi) is 13.7. The predicted molar refractivity (Wildman–Crippen MR) is 149 cm³/mol. The SMILES string of the molecule is CC(C)(Oc1ccc(CCCOc2cccc(OS(C)(=O)=O)c2)cc1)C(=O)O.N=C(N)NCCCC(N)C(=O)O. The average Bonchev–Trinajstić information content (AvgIpc) is 2.84. The van der Waals surface area contributed by atoms with E-state index >= 15 is 0 Å². The first-order chi connectivity index (χ1) is 18.6. The Morgan fingerprint density at radius 3 is 2.23 bits per heavy atom. The minimum Gasteiger partial charge on any atom is -0.493 e. The molecule has 40 heavy (non-hydrogen) atoms. The van der Waals surface area contributed by atoms with Gasteiger partial charge in [0.15, 0.2) is 11.6 Å². The molecule has 0 aromatic heterocycles. The van der Waals surface area contributed by atoms with Crippen molar-refractivity contribution in [2.75, 3.05) is 19.4 Å². The molecule has 2 rings (SSSR count). The maximum Gasteiger partial charge on any atom is 0.347 e. The van der Waals surface area contributed by atoms with Crippen molar-refractivity contribution in [1.29, 1.82) is 5.41 Å². The quantitative estimate of drug-likeness (QED) is 0.0767. The molecule has 0 fully saturated rings. The lowest BCUT2D eigenvalue weighted by Crippen LogP contribution is -2.37. The Morgan fingerprint density at radius 2 is 1.68 bits per heavy atom. The highest BCUT2D eigenvalue weighted by atomic mass is 32.2. The number of nitrogens with one attached hydrogen (secondary N) is 2. The summed E-state index contributed by atoms with van der Waals surface area (Å²) >= 11 is 0. The number of aryl methyl sites for hydroxylation is 1. The first-order valence-electron chi connectivity index (χ1n) is 12.3. The number of guanidine groups is 1. The summed E-state index contributed by atoms with van der Waals surface area (Å²) in [5.41, 5.74) is 10.00. The molecule has 8 N–H and O–H groups in total. The van der Waals surface area contributed by atoms with Crippen molar-refractivity contribution in [3.8, 4) is 17.2 Å². The van der Waals surface area contributed by atoms with Gasteiger partial charge in [0.2, 0.25) is 0 Å². The fraction of sp³-hybridized carbons (Fsp3) is 0.423. The fourth-order valence-electron chi connectivity index (χ4n) is 2.99. The summed E-state index contributed by atoms with van der Waals surface area (Å²) < 4.78 is 38.2. The van der Waals surface area contributed by atoms with Crippen LogP contribution in [0, 0.1) is 5.41 Å². The minimum absolute atomic E-state index is 0.112. The van der Waals surface area contributed by atoms with Crippen molar-refractivity contribution >= 4 is 28.0 Å². The number of aliphatic carboxylic acids is 2. The van der Waals surface area contributed by atoms with Gasteiger partial charge in [-0.3, -0.25) is 10.2 Å². The maximum atomic E-state index is 11.2. The lowest BCUT2D eigenvalue weighted by atomic mass is 10.1. The van der Waals surface area contributed by atoms with Crippen LogP contribution < -0.4 is 30.4 Å². The van der Waals surface area contributed by atoms with Gasteiger partial charge >= 0.3 is 22.1 Å². The minimum atomic E-state index is -3.57. The lowest BCUT2D eigenvalue weighted by molar-refractivity contribution is -0.152. The largest absolute Gasteiger partial charge is 0.493 e. The number of carboxylic acids is 2. The van der Waals surface area contributed by atoms with Gasteiger partial charge in [0.05, 0.1) is 12.9 Å². The first kappa shape index (κ1) is 34.0. The van der Waals surface area contributed by atoms with Crippen molar-refractivity contribution in [1.82, 2.24) is 5.32 Å². The van der Waals surface area contributed by atoms with Crippen LogP contribution in [0.4, 0.5) is 0 Å². The summed E-state index contributed by atoms with van der Waals surface area (Å²) in [5.74, 6) is -0.910. The summed E-state index contributed by atoms with van der Waals surface area (Å²) in [6.45, 7) is 3.93. The number of carbonyl (C=O) groups is 2. The summed E-state index contributed by atoms with van der Waals surface area (Å²) in [6, 6.07) is 12.9. The third kappa shape index (κ3) is 14.8. The Labute approximate surface area is 234 Å². The zero-order valence-electron chi connectivity index (χ0n) is 22.8. The van der Waals surface area contributed by atoms with Crippen molar-refractivity contribution in [2.45, 2.75) is 51.2 Å². The molecule has 0 saturated carbocycles. The third-order valence-corrected chi connectivity index (χ3v) is 5.56. The zero-order valence-corrected chi connectivity index (χ0v) is 23.6. The van der Waals surface area contributed by atoms with Crippen LogP contribution in [-0.2, 0) is 26.1 Å². The van der Waals surface area contributed by atoms with Gasteiger partial charge < -0.3 is 40.7 Å². The first-order valence-corrected chi connectivity index (χ1v) is 14.1. The molecule has 0 amide bonds. The van der Waals surface area contributed by atoms with E-state index in [1.165, 1.54) is 19.9 Å². The number of carboxylic acid groups (broad SMARTS) is 2. The van der Waals surface area contributed by atoms with Gasteiger partial charge in [-0.15, -0.1) is 0 Å². The second kappa shape index (κ2) is 16.2. The highest BCUT2D eigenvalue weighted by Gasteiger charge is 2.29. The molecular formula is C26H38N4O9S. The van der Waals surface area contributed by atoms with Crippen molar-refractivity contribution in [2.24, 2.45) is 11.5 Å². The third-order valence-electron chi connectivity index (χ3n) is 5.07. The number of nitrogens with two attached hydrogens (primary N) is 2. The predicted octanol–water partition coefficient (Wildman–Crippen LogP) is 1.94. The van der Waals surface area contributed by atoms with Gasteiger partial charge in [-0.25, -0.2) is 4.79 Å². The topological polar surface area (TPSA) is 224 Å². The molecule has 0 spiro atoms. The molecule has 0 aliphatic rings. The van der Waals surface area contributed by atoms with Gasteiger partial charge in [-0.05, 0) is 69.4 Å². The van der Waals surface area contributed by atoms with E-state index in [1.807, 2.05) is 12.1 Å². The van der Waals surface area contributed by atoms with Crippen molar-refractivity contribution in [3.05, 3.63) is 54.1 Å². The van der Waals surface area contributed by atoms with E-state index in [4.69, 9.17) is 40.7 Å². The van der Waals surface area contributed by atoms with Crippen LogP contribution in [0.5, 0.6) is 17.2 Å². The van der Waals surface area contributed by atoms with Crippen LogP contribution in [0.2, 0.25) is 0 Å². The molecule has 0 aliphatic carbocycles. The monoisotopic (exact) mass is 582 g/mol. The normalized spacial score (nSPS) is 11.8. The number of hydrogen-bond acceptors (Lipinski definition) is 9. The maximum absolute atomic E-state index is 11.2. The Hall–Kier alpha value is -4.04. The van der Waals surface area contributed by atoms with Gasteiger partial charge in [-0.2, -0.15) is 8.42 Å². The van der Waals surface area contributed by atoms with Crippen LogP contribution in [0.3, 0.4) is 0 Å².